The third-order valence-electron chi connectivity index (χ3n) is 1.64. The van der Waals surface area contributed by atoms with Gasteiger partial charge in [-0.15, -0.1) is 0 Å². The van der Waals surface area contributed by atoms with Gasteiger partial charge in [0.05, 0.1) is 6.42 Å². The van der Waals surface area contributed by atoms with Crippen molar-refractivity contribution in [2.75, 3.05) is 0 Å². The number of nitrogens with zero attached hydrogens (tertiary/aromatic N) is 2. The Morgan fingerprint density at radius 2 is 2.25 bits per heavy atom. The molecule has 0 aliphatic heterocycles. The Labute approximate surface area is 89.0 Å². The van der Waals surface area contributed by atoms with E-state index in [1.807, 2.05) is 0 Å². The topological polar surface area (TPSA) is 151 Å². The molecule has 0 fully saturated rings. The van der Waals surface area contributed by atoms with Gasteiger partial charge in [-0.05, 0) is 0 Å². The monoisotopic (exact) mass is 227 g/mol. The molecule has 1 atom stereocenters. The molecule has 1 aromatic heterocycles. The lowest BCUT2D eigenvalue weighted by atomic mass is 10.2. The van der Waals surface area contributed by atoms with E-state index < -0.39 is 30.2 Å². The molecule has 0 aliphatic rings. The second kappa shape index (κ2) is 4.87. The van der Waals surface area contributed by atoms with E-state index in [0.29, 0.717) is 0 Å². The number of carbonyl (C=O) groups is 3. The molecule has 0 spiro atoms. The predicted octanol–water partition coefficient (Wildman–Crippen LogP) is -2.14. The molecular weight excluding hydrogens is 218 g/mol. The molecule has 86 valence electrons. The summed E-state index contributed by atoms with van der Waals surface area (Å²) in [6, 6.07) is -1.38. The standard InChI is InChI=1S/C7H9N5O4/c8-4(13)1-3(7(15)16)11-6(14)5-9-2-10-12-5/h2-3H,1H2,(H2,8,13)(H,11,14)(H,15,16)(H,9,10,12)/t3-/m0/s1. The first-order valence-electron chi connectivity index (χ1n) is 4.18. The molecule has 0 aliphatic carbocycles. The molecule has 5 N–H and O–H groups in total. The Bertz CT molecular complexity index is 401. The van der Waals surface area contributed by atoms with Crippen LogP contribution in [-0.2, 0) is 9.59 Å². The minimum absolute atomic E-state index is 0.143. The van der Waals surface area contributed by atoms with E-state index in [0.717, 1.165) is 6.33 Å². The predicted molar refractivity (Wildman–Crippen MR) is 49.1 cm³/mol. The highest BCUT2D eigenvalue weighted by Crippen LogP contribution is 1.94. The fourth-order valence-electron chi connectivity index (χ4n) is 0.943. The van der Waals surface area contributed by atoms with Gasteiger partial charge in [0.1, 0.15) is 12.4 Å². The van der Waals surface area contributed by atoms with E-state index in [1.54, 1.807) is 0 Å². The maximum Gasteiger partial charge on any atom is 0.326 e. The molecule has 2 amide bonds. The highest BCUT2D eigenvalue weighted by atomic mass is 16.4. The fourth-order valence-corrected chi connectivity index (χ4v) is 0.943. The van der Waals surface area contributed by atoms with Crippen molar-refractivity contribution in [1.82, 2.24) is 20.5 Å². The summed E-state index contributed by atoms with van der Waals surface area (Å²) in [4.78, 5) is 36.1. The molecule has 0 bridgehead atoms. The smallest absolute Gasteiger partial charge is 0.326 e. The fraction of sp³-hybridized carbons (Fsp3) is 0.286. The highest BCUT2D eigenvalue weighted by molar-refractivity contribution is 5.94. The van der Waals surface area contributed by atoms with Crippen LogP contribution in [0.2, 0.25) is 0 Å². The lowest BCUT2D eigenvalue weighted by molar-refractivity contribution is -0.140. The van der Waals surface area contributed by atoms with Crippen LogP contribution in [0.15, 0.2) is 6.33 Å². The number of hydrogen-bond donors (Lipinski definition) is 4. The van der Waals surface area contributed by atoms with Gasteiger partial charge in [-0.25, -0.2) is 9.78 Å². The normalized spacial score (nSPS) is 11.8. The van der Waals surface area contributed by atoms with Gasteiger partial charge in [0.15, 0.2) is 0 Å². The number of hydrogen-bond acceptors (Lipinski definition) is 5. The average molecular weight is 227 g/mol. The Balaban J connectivity index is 2.65. The largest absolute Gasteiger partial charge is 0.480 e. The second-order valence-corrected chi connectivity index (χ2v) is 2.87. The van der Waals surface area contributed by atoms with E-state index >= 15 is 0 Å². The van der Waals surface area contributed by atoms with Crippen molar-refractivity contribution in [3.8, 4) is 0 Å². The van der Waals surface area contributed by atoms with Gasteiger partial charge in [0.25, 0.3) is 5.91 Å². The van der Waals surface area contributed by atoms with Gasteiger partial charge < -0.3 is 16.2 Å². The minimum atomic E-state index is -1.38. The van der Waals surface area contributed by atoms with Crippen LogP contribution < -0.4 is 11.1 Å². The number of aromatic amines is 1. The minimum Gasteiger partial charge on any atom is -0.480 e. The van der Waals surface area contributed by atoms with Crippen LogP contribution in [0.5, 0.6) is 0 Å². The summed E-state index contributed by atoms with van der Waals surface area (Å²) in [6.45, 7) is 0. The number of carbonyl (C=O) groups excluding carboxylic acids is 2. The number of carboxylic acid groups (broad SMARTS) is 1. The van der Waals surface area contributed by atoms with E-state index in [-0.39, 0.29) is 5.82 Å². The van der Waals surface area contributed by atoms with Crippen LogP contribution in [0.4, 0.5) is 0 Å². The molecule has 0 aromatic carbocycles. The second-order valence-electron chi connectivity index (χ2n) is 2.87. The van der Waals surface area contributed by atoms with Gasteiger partial charge in [0, 0.05) is 0 Å². The van der Waals surface area contributed by atoms with Crippen molar-refractivity contribution in [2.45, 2.75) is 12.5 Å². The number of rotatable bonds is 5. The number of aliphatic carboxylic acids is 1. The number of carboxylic acids is 1. The van der Waals surface area contributed by atoms with E-state index in [9.17, 15) is 14.4 Å². The number of H-pyrrole nitrogens is 1. The maximum absolute atomic E-state index is 11.3. The third-order valence-corrected chi connectivity index (χ3v) is 1.64. The zero-order valence-electron chi connectivity index (χ0n) is 8.01. The van der Waals surface area contributed by atoms with Crippen LogP contribution in [-0.4, -0.2) is 44.1 Å². The molecule has 0 radical (unpaired) electrons. The van der Waals surface area contributed by atoms with Crippen LogP contribution >= 0.6 is 0 Å². The number of nitrogens with one attached hydrogen (secondary N) is 2. The maximum atomic E-state index is 11.3. The number of amides is 2. The molecule has 1 rings (SSSR count). The first-order valence-corrected chi connectivity index (χ1v) is 4.18. The van der Waals surface area contributed by atoms with E-state index in [4.69, 9.17) is 10.8 Å². The Morgan fingerprint density at radius 1 is 1.56 bits per heavy atom. The number of primary amides is 1. The molecule has 9 heteroatoms. The molecule has 16 heavy (non-hydrogen) atoms. The van der Waals surface area contributed by atoms with Crippen LogP contribution in [0.25, 0.3) is 0 Å². The van der Waals surface area contributed by atoms with Crippen molar-refractivity contribution < 1.29 is 19.5 Å². The molecular formula is C7H9N5O4. The van der Waals surface area contributed by atoms with Crippen molar-refractivity contribution >= 4 is 17.8 Å². The Hall–Kier alpha value is -2.45. The Morgan fingerprint density at radius 3 is 2.69 bits per heavy atom. The van der Waals surface area contributed by atoms with Gasteiger partial charge >= 0.3 is 5.97 Å². The molecule has 1 heterocycles. The summed E-state index contributed by atoms with van der Waals surface area (Å²) in [5.41, 5.74) is 4.84. The van der Waals surface area contributed by atoms with Gasteiger partial charge in [-0.3, -0.25) is 14.7 Å². The Kier molecular flexibility index (Phi) is 3.53. The van der Waals surface area contributed by atoms with Crippen LogP contribution in [0.1, 0.15) is 17.0 Å². The van der Waals surface area contributed by atoms with Gasteiger partial charge in [-0.2, -0.15) is 5.10 Å². The highest BCUT2D eigenvalue weighted by Gasteiger charge is 2.23. The lowest BCUT2D eigenvalue weighted by Gasteiger charge is -2.10. The van der Waals surface area contributed by atoms with Crippen LogP contribution in [0.3, 0.4) is 0 Å². The molecule has 0 saturated heterocycles. The molecule has 9 nitrogen and oxygen atoms in total. The van der Waals surface area contributed by atoms with Gasteiger partial charge in [0.2, 0.25) is 11.7 Å². The molecule has 0 saturated carbocycles. The van der Waals surface area contributed by atoms with Crippen molar-refractivity contribution in [3.63, 3.8) is 0 Å². The summed E-state index contributed by atoms with van der Waals surface area (Å²) in [5.74, 6) is -3.10. The quantitative estimate of drug-likeness (QED) is 0.450. The molecule has 0 unspecified atom stereocenters. The molecule has 1 aromatic rings. The van der Waals surface area contributed by atoms with Crippen molar-refractivity contribution in [3.05, 3.63) is 12.2 Å². The summed E-state index contributed by atoms with van der Waals surface area (Å²) >= 11 is 0. The van der Waals surface area contributed by atoms with Crippen molar-refractivity contribution in [1.29, 1.82) is 0 Å². The third kappa shape index (κ3) is 3.04. The average Bonchev–Trinajstić information content (AvgIpc) is 2.68. The van der Waals surface area contributed by atoms with E-state index in [2.05, 4.69) is 20.5 Å². The van der Waals surface area contributed by atoms with Gasteiger partial charge in [-0.1, -0.05) is 0 Å². The van der Waals surface area contributed by atoms with Crippen LogP contribution in [0, 0.1) is 0 Å². The summed E-state index contributed by atoms with van der Waals surface area (Å²) in [6.07, 6.45) is 0.605. The lowest BCUT2D eigenvalue weighted by Crippen LogP contribution is -2.43. The summed E-state index contributed by atoms with van der Waals surface area (Å²) in [5, 5.41) is 16.4. The number of nitrogens with two attached hydrogens (primary N) is 1. The SMILES string of the molecule is NC(=O)C[C@H](NC(=O)c1ncn[nH]1)C(=O)O. The zero-order valence-corrected chi connectivity index (χ0v) is 8.01. The number of aromatic nitrogens is 3. The zero-order chi connectivity index (χ0) is 12.1. The van der Waals surface area contributed by atoms with E-state index in [1.165, 1.54) is 0 Å². The summed E-state index contributed by atoms with van der Waals surface area (Å²) < 4.78 is 0. The first kappa shape index (κ1) is 11.6. The summed E-state index contributed by atoms with van der Waals surface area (Å²) in [7, 11) is 0. The van der Waals surface area contributed by atoms with Crippen molar-refractivity contribution in [2.24, 2.45) is 5.73 Å². The first-order chi connectivity index (χ1) is 7.50.